The highest BCUT2D eigenvalue weighted by molar-refractivity contribution is 5.61. The lowest BCUT2D eigenvalue weighted by atomic mass is 10.1. The number of anilines is 1. The van der Waals surface area contributed by atoms with E-state index in [9.17, 15) is 10.1 Å². The number of non-ortho nitro benzene ring substituents is 1. The molecule has 0 fully saturated rings. The van der Waals surface area contributed by atoms with E-state index in [-0.39, 0.29) is 16.9 Å². The highest BCUT2D eigenvalue weighted by Gasteiger charge is 2.17. The van der Waals surface area contributed by atoms with E-state index in [4.69, 9.17) is 10.00 Å². The van der Waals surface area contributed by atoms with Gasteiger partial charge in [-0.1, -0.05) is 0 Å². The molecule has 6 heteroatoms. The monoisotopic (exact) mass is 249 g/mol. The average Bonchev–Trinajstić information content (AvgIpc) is 2.36. The van der Waals surface area contributed by atoms with Gasteiger partial charge < -0.3 is 10.1 Å². The number of methoxy groups -OCH3 is 1. The van der Waals surface area contributed by atoms with Gasteiger partial charge in [-0.15, -0.1) is 0 Å². The molecule has 0 saturated carbocycles. The average molecular weight is 249 g/mol. The first kappa shape index (κ1) is 13.9. The van der Waals surface area contributed by atoms with E-state index in [0.717, 1.165) is 0 Å². The number of nitro benzene ring substituents is 1. The van der Waals surface area contributed by atoms with Crippen molar-refractivity contribution < 1.29 is 9.66 Å². The summed E-state index contributed by atoms with van der Waals surface area (Å²) >= 11 is 0. The van der Waals surface area contributed by atoms with Gasteiger partial charge in [0.1, 0.15) is 6.07 Å². The summed E-state index contributed by atoms with van der Waals surface area (Å²) in [5, 5.41) is 22.6. The van der Waals surface area contributed by atoms with Crippen molar-refractivity contribution in [1.82, 2.24) is 0 Å². The molecule has 1 aromatic carbocycles. The lowest BCUT2D eigenvalue weighted by Gasteiger charge is -2.24. The Balaban J connectivity index is 2.91. The molecule has 0 aliphatic carbocycles. The summed E-state index contributed by atoms with van der Waals surface area (Å²) in [4.78, 5) is 10.1. The van der Waals surface area contributed by atoms with Crippen LogP contribution in [0.15, 0.2) is 18.2 Å². The molecule has 1 aromatic rings. The summed E-state index contributed by atoms with van der Waals surface area (Å²) in [6, 6.07) is 6.08. The zero-order chi connectivity index (χ0) is 13.8. The molecule has 0 amide bonds. The molecule has 0 saturated heterocycles. The van der Waals surface area contributed by atoms with Crippen LogP contribution in [0.25, 0.3) is 0 Å². The van der Waals surface area contributed by atoms with Crippen molar-refractivity contribution in [3.63, 3.8) is 0 Å². The molecule has 0 heterocycles. The zero-order valence-electron chi connectivity index (χ0n) is 10.6. The number of nitrogens with one attached hydrogen (secondary N) is 1. The van der Waals surface area contributed by atoms with Crippen molar-refractivity contribution in [2.75, 3.05) is 19.0 Å². The Hall–Kier alpha value is -2.13. The maximum atomic E-state index is 10.6. The minimum absolute atomic E-state index is 0.0944. The van der Waals surface area contributed by atoms with E-state index in [1.807, 2.05) is 19.9 Å². The smallest absolute Gasteiger partial charge is 0.270 e. The number of hydrogen-bond donors (Lipinski definition) is 1. The Morgan fingerprint density at radius 2 is 2.22 bits per heavy atom. The van der Waals surface area contributed by atoms with E-state index in [2.05, 4.69) is 5.32 Å². The second kappa shape index (κ2) is 5.47. The fourth-order valence-electron chi connectivity index (χ4n) is 1.27. The standard InChI is InChI=1S/C12H15N3O3/c1-12(2,18-3)8-14-11-5-4-10(15(16)17)6-9(11)7-13/h4-6,14H,8H2,1-3H3. The van der Waals surface area contributed by atoms with Gasteiger partial charge in [0.25, 0.3) is 5.69 Å². The molecule has 0 aromatic heterocycles. The van der Waals surface area contributed by atoms with Gasteiger partial charge in [0.2, 0.25) is 0 Å². The van der Waals surface area contributed by atoms with Crippen LogP contribution in [0.3, 0.4) is 0 Å². The third kappa shape index (κ3) is 3.43. The quantitative estimate of drug-likeness (QED) is 0.639. The van der Waals surface area contributed by atoms with Crippen LogP contribution in [0, 0.1) is 21.4 Å². The van der Waals surface area contributed by atoms with E-state index in [1.165, 1.54) is 18.2 Å². The Bertz CT molecular complexity index is 492. The summed E-state index contributed by atoms with van der Waals surface area (Å²) in [5.41, 5.74) is 0.335. The summed E-state index contributed by atoms with van der Waals surface area (Å²) in [6.07, 6.45) is 0. The highest BCUT2D eigenvalue weighted by atomic mass is 16.6. The highest BCUT2D eigenvalue weighted by Crippen LogP contribution is 2.22. The molecule has 96 valence electrons. The van der Waals surface area contributed by atoms with E-state index in [1.54, 1.807) is 7.11 Å². The fourth-order valence-corrected chi connectivity index (χ4v) is 1.27. The lowest BCUT2D eigenvalue weighted by Crippen LogP contribution is -2.32. The molecule has 18 heavy (non-hydrogen) atoms. The van der Waals surface area contributed by atoms with Crippen LogP contribution in [0.4, 0.5) is 11.4 Å². The van der Waals surface area contributed by atoms with Crippen molar-refractivity contribution >= 4 is 11.4 Å². The van der Waals surface area contributed by atoms with E-state index >= 15 is 0 Å². The molecule has 0 aliphatic rings. The van der Waals surface area contributed by atoms with Crippen LogP contribution >= 0.6 is 0 Å². The van der Waals surface area contributed by atoms with Gasteiger partial charge in [0.05, 0.1) is 21.8 Å². The molecule has 0 unspecified atom stereocenters. The Morgan fingerprint density at radius 1 is 1.56 bits per heavy atom. The predicted molar refractivity (Wildman–Crippen MR) is 67.4 cm³/mol. The first-order chi connectivity index (χ1) is 8.39. The fraction of sp³-hybridized carbons (Fsp3) is 0.417. The molecule has 1 N–H and O–H groups in total. The van der Waals surface area contributed by atoms with Crippen LogP contribution < -0.4 is 5.32 Å². The molecule has 0 aliphatic heterocycles. The molecule has 1 rings (SSSR count). The van der Waals surface area contributed by atoms with Gasteiger partial charge in [0.15, 0.2) is 0 Å². The largest absolute Gasteiger partial charge is 0.381 e. The van der Waals surface area contributed by atoms with Crippen LogP contribution in [0.2, 0.25) is 0 Å². The summed E-state index contributed by atoms with van der Waals surface area (Å²) < 4.78 is 5.24. The van der Waals surface area contributed by atoms with Crippen molar-refractivity contribution in [3.05, 3.63) is 33.9 Å². The van der Waals surface area contributed by atoms with Crippen molar-refractivity contribution in [2.45, 2.75) is 19.4 Å². The van der Waals surface area contributed by atoms with Crippen LogP contribution in [0.1, 0.15) is 19.4 Å². The molecular weight excluding hydrogens is 234 g/mol. The molecule has 0 atom stereocenters. The molecule has 6 nitrogen and oxygen atoms in total. The minimum atomic E-state index is -0.524. The number of nitriles is 1. The van der Waals surface area contributed by atoms with Crippen LogP contribution in [-0.2, 0) is 4.74 Å². The summed E-state index contributed by atoms with van der Waals surface area (Å²) in [7, 11) is 1.60. The topological polar surface area (TPSA) is 88.2 Å². The van der Waals surface area contributed by atoms with Gasteiger partial charge in [-0.2, -0.15) is 5.26 Å². The van der Waals surface area contributed by atoms with Crippen LogP contribution in [0.5, 0.6) is 0 Å². The Kier molecular flexibility index (Phi) is 4.23. The Morgan fingerprint density at radius 3 is 2.72 bits per heavy atom. The molecule has 0 bridgehead atoms. The van der Waals surface area contributed by atoms with E-state index < -0.39 is 4.92 Å². The van der Waals surface area contributed by atoms with Crippen molar-refractivity contribution in [1.29, 1.82) is 5.26 Å². The first-order valence-electron chi connectivity index (χ1n) is 5.37. The number of rotatable bonds is 5. The van der Waals surface area contributed by atoms with Gasteiger partial charge in [-0.05, 0) is 19.9 Å². The second-order valence-corrected chi connectivity index (χ2v) is 4.42. The lowest BCUT2D eigenvalue weighted by molar-refractivity contribution is -0.384. The molecular formula is C12H15N3O3. The number of nitrogens with zero attached hydrogens (tertiary/aromatic N) is 2. The Labute approximate surface area is 105 Å². The van der Waals surface area contributed by atoms with Gasteiger partial charge in [-0.25, -0.2) is 0 Å². The summed E-state index contributed by atoms with van der Waals surface area (Å²) in [5.74, 6) is 0. The summed E-state index contributed by atoms with van der Waals surface area (Å²) in [6.45, 7) is 4.30. The van der Waals surface area contributed by atoms with Crippen molar-refractivity contribution in [3.8, 4) is 6.07 Å². The first-order valence-corrected chi connectivity index (χ1v) is 5.37. The van der Waals surface area contributed by atoms with Gasteiger partial charge in [-0.3, -0.25) is 10.1 Å². The number of hydrogen-bond acceptors (Lipinski definition) is 5. The molecule has 0 spiro atoms. The minimum Gasteiger partial charge on any atom is -0.381 e. The zero-order valence-corrected chi connectivity index (χ0v) is 10.6. The van der Waals surface area contributed by atoms with Gasteiger partial charge >= 0.3 is 0 Å². The number of benzene rings is 1. The van der Waals surface area contributed by atoms with Crippen molar-refractivity contribution in [2.24, 2.45) is 0 Å². The number of ether oxygens (including phenoxy) is 1. The normalized spacial score (nSPS) is 10.8. The van der Waals surface area contributed by atoms with E-state index in [0.29, 0.717) is 12.2 Å². The maximum Gasteiger partial charge on any atom is 0.270 e. The maximum absolute atomic E-state index is 10.6. The third-order valence-corrected chi connectivity index (χ3v) is 2.59. The predicted octanol–water partition coefficient (Wildman–Crippen LogP) is 2.30. The van der Waals surface area contributed by atoms with Crippen LogP contribution in [-0.4, -0.2) is 24.2 Å². The number of nitro groups is 1. The molecule has 0 radical (unpaired) electrons. The second-order valence-electron chi connectivity index (χ2n) is 4.42. The third-order valence-electron chi connectivity index (χ3n) is 2.59. The van der Waals surface area contributed by atoms with Gasteiger partial charge in [0, 0.05) is 25.8 Å². The SMILES string of the molecule is COC(C)(C)CNc1ccc([N+](=O)[O-])cc1C#N.